The average molecular weight is 474 g/mol. The summed E-state index contributed by atoms with van der Waals surface area (Å²) in [6.07, 6.45) is 0.0119. The van der Waals surface area contributed by atoms with Gasteiger partial charge in [-0.15, -0.1) is 11.3 Å². The minimum Gasteiger partial charge on any atom is -0.466 e. The first kappa shape index (κ1) is 23.4. The van der Waals surface area contributed by atoms with Gasteiger partial charge in [0.1, 0.15) is 0 Å². The lowest BCUT2D eigenvalue weighted by atomic mass is 10.1. The Hall–Kier alpha value is -3.24. The molecule has 8 nitrogen and oxygen atoms in total. The predicted octanol–water partition coefficient (Wildman–Crippen LogP) is 3.92. The van der Waals surface area contributed by atoms with Gasteiger partial charge in [-0.25, -0.2) is 13.4 Å². The fourth-order valence-electron chi connectivity index (χ4n) is 2.91. The molecular weight excluding hydrogens is 450 g/mol. The number of hydrogen-bond donors (Lipinski definition) is 2. The van der Waals surface area contributed by atoms with Gasteiger partial charge in [-0.2, -0.15) is 0 Å². The molecule has 2 aromatic carbocycles. The van der Waals surface area contributed by atoms with Crippen molar-refractivity contribution in [3.05, 3.63) is 70.2 Å². The Bertz CT molecular complexity index is 1250. The number of nitrogens with one attached hydrogen (secondary N) is 2. The van der Waals surface area contributed by atoms with E-state index in [4.69, 9.17) is 4.74 Å². The Morgan fingerprint density at radius 3 is 2.62 bits per heavy atom. The van der Waals surface area contributed by atoms with E-state index in [1.54, 1.807) is 18.4 Å². The number of rotatable bonds is 8. The van der Waals surface area contributed by atoms with E-state index in [0.29, 0.717) is 16.5 Å². The molecule has 0 atom stereocenters. The van der Waals surface area contributed by atoms with Crippen LogP contribution < -0.4 is 10.0 Å². The first-order chi connectivity index (χ1) is 15.2. The van der Waals surface area contributed by atoms with Gasteiger partial charge in [0, 0.05) is 10.9 Å². The molecule has 0 aliphatic carbocycles. The second-order valence-electron chi connectivity index (χ2n) is 7.03. The van der Waals surface area contributed by atoms with Gasteiger partial charge in [0.15, 0.2) is 5.13 Å². The number of benzene rings is 2. The fraction of sp³-hybridized carbons (Fsp3) is 0.227. The van der Waals surface area contributed by atoms with E-state index in [0.717, 1.165) is 11.1 Å². The van der Waals surface area contributed by atoms with Gasteiger partial charge >= 0.3 is 5.97 Å². The zero-order valence-electron chi connectivity index (χ0n) is 17.8. The maximum absolute atomic E-state index is 12.8. The lowest BCUT2D eigenvalue weighted by Crippen LogP contribution is -2.16. The topological polar surface area (TPSA) is 114 Å². The number of amides is 1. The van der Waals surface area contributed by atoms with Crippen molar-refractivity contribution in [2.24, 2.45) is 0 Å². The molecule has 32 heavy (non-hydrogen) atoms. The third kappa shape index (κ3) is 5.92. The third-order valence-corrected chi connectivity index (χ3v) is 6.61. The lowest BCUT2D eigenvalue weighted by molar-refractivity contribution is -0.142. The molecule has 1 amide bonds. The zero-order chi connectivity index (χ0) is 23.3. The monoisotopic (exact) mass is 473 g/mol. The Morgan fingerprint density at radius 1 is 1.12 bits per heavy atom. The second-order valence-corrected chi connectivity index (χ2v) is 9.57. The smallest absolute Gasteiger partial charge is 0.311 e. The van der Waals surface area contributed by atoms with Gasteiger partial charge in [-0.05, 0) is 50.6 Å². The fourth-order valence-corrected chi connectivity index (χ4v) is 4.79. The molecule has 0 spiro atoms. The van der Waals surface area contributed by atoms with E-state index in [9.17, 15) is 18.0 Å². The van der Waals surface area contributed by atoms with Crippen molar-refractivity contribution < 1.29 is 22.7 Å². The number of carbonyl (C=O) groups excluding carboxylic acids is 2. The number of ether oxygens (including phenoxy) is 1. The van der Waals surface area contributed by atoms with Crippen LogP contribution in [0.4, 0.5) is 10.8 Å². The van der Waals surface area contributed by atoms with Crippen molar-refractivity contribution in [3.8, 4) is 0 Å². The first-order valence-electron chi connectivity index (χ1n) is 9.79. The highest BCUT2D eigenvalue weighted by Gasteiger charge is 2.18. The minimum absolute atomic E-state index is 0.0119. The van der Waals surface area contributed by atoms with Crippen LogP contribution in [0.3, 0.4) is 0 Å². The summed E-state index contributed by atoms with van der Waals surface area (Å²) >= 11 is 1.17. The van der Waals surface area contributed by atoms with Crippen LogP contribution in [0.1, 0.15) is 34.1 Å². The molecule has 0 radical (unpaired) electrons. The Labute approximate surface area is 190 Å². The number of aromatic nitrogens is 1. The molecule has 2 N–H and O–H groups in total. The SMILES string of the molecule is CCOC(=O)Cc1csc(NC(=O)c2cccc(S(=O)(=O)Nc3ccc(C)cc3C)c2)n1. The Balaban J connectivity index is 1.73. The highest BCUT2D eigenvalue weighted by Crippen LogP contribution is 2.22. The van der Waals surface area contributed by atoms with Crippen LogP contribution in [-0.4, -0.2) is 31.9 Å². The van der Waals surface area contributed by atoms with Gasteiger partial charge in [-0.3, -0.25) is 19.6 Å². The van der Waals surface area contributed by atoms with Crippen LogP contribution in [-0.2, 0) is 26.0 Å². The van der Waals surface area contributed by atoms with Gasteiger partial charge in [0.25, 0.3) is 15.9 Å². The summed E-state index contributed by atoms with van der Waals surface area (Å²) in [5, 5.41) is 4.58. The largest absolute Gasteiger partial charge is 0.466 e. The first-order valence-corrected chi connectivity index (χ1v) is 12.2. The van der Waals surface area contributed by atoms with Gasteiger partial charge < -0.3 is 4.74 Å². The standard InChI is InChI=1S/C22H23N3O5S2/c1-4-30-20(26)12-17-13-31-22(23-17)24-21(27)16-6-5-7-18(11-16)32(28,29)25-19-9-8-14(2)10-15(19)3/h5-11,13,25H,4,12H2,1-3H3,(H,23,24,27). The quantitative estimate of drug-likeness (QED) is 0.479. The Morgan fingerprint density at radius 2 is 1.91 bits per heavy atom. The van der Waals surface area contributed by atoms with E-state index >= 15 is 0 Å². The molecule has 0 unspecified atom stereocenters. The summed E-state index contributed by atoms with van der Waals surface area (Å²) < 4.78 is 33.1. The molecule has 1 heterocycles. The van der Waals surface area contributed by atoms with Crippen molar-refractivity contribution in [2.75, 3.05) is 16.6 Å². The van der Waals surface area contributed by atoms with Crippen LogP contribution >= 0.6 is 11.3 Å². The molecule has 1 aromatic heterocycles. The van der Waals surface area contributed by atoms with Crippen LogP contribution in [0, 0.1) is 13.8 Å². The molecule has 0 saturated carbocycles. The second kappa shape index (κ2) is 9.92. The minimum atomic E-state index is -3.89. The van der Waals surface area contributed by atoms with E-state index in [2.05, 4.69) is 15.0 Å². The molecule has 0 aliphatic rings. The third-order valence-electron chi connectivity index (χ3n) is 4.44. The molecule has 0 saturated heterocycles. The lowest BCUT2D eigenvalue weighted by Gasteiger charge is -2.12. The summed E-state index contributed by atoms with van der Waals surface area (Å²) in [5.41, 5.74) is 2.94. The van der Waals surface area contributed by atoms with Gasteiger partial charge in [-0.1, -0.05) is 23.8 Å². The molecule has 0 bridgehead atoms. The maximum Gasteiger partial charge on any atom is 0.311 e. The number of hydrogen-bond acceptors (Lipinski definition) is 7. The highest BCUT2D eigenvalue weighted by atomic mass is 32.2. The summed E-state index contributed by atoms with van der Waals surface area (Å²) in [6.45, 7) is 5.75. The number of carbonyl (C=O) groups is 2. The van der Waals surface area contributed by atoms with Crippen molar-refractivity contribution in [3.63, 3.8) is 0 Å². The maximum atomic E-state index is 12.8. The molecule has 3 aromatic rings. The van der Waals surface area contributed by atoms with E-state index < -0.39 is 21.9 Å². The van der Waals surface area contributed by atoms with Crippen LogP contribution in [0.5, 0.6) is 0 Å². The van der Waals surface area contributed by atoms with E-state index in [1.807, 2.05) is 26.0 Å². The van der Waals surface area contributed by atoms with Gasteiger partial charge in [0.2, 0.25) is 0 Å². The number of sulfonamides is 1. The van der Waals surface area contributed by atoms with Crippen LogP contribution in [0.25, 0.3) is 0 Å². The molecular formula is C22H23N3O5S2. The normalized spacial score (nSPS) is 11.1. The zero-order valence-corrected chi connectivity index (χ0v) is 19.5. The van der Waals surface area contributed by atoms with E-state index in [-0.39, 0.29) is 23.5 Å². The molecule has 0 aliphatic heterocycles. The summed E-state index contributed by atoms with van der Waals surface area (Å²) in [6, 6.07) is 11.1. The summed E-state index contributed by atoms with van der Waals surface area (Å²) in [4.78, 5) is 28.3. The van der Waals surface area contributed by atoms with Crippen LogP contribution in [0.2, 0.25) is 0 Å². The highest BCUT2D eigenvalue weighted by molar-refractivity contribution is 7.92. The number of esters is 1. The van der Waals surface area contributed by atoms with Crippen molar-refractivity contribution in [1.29, 1.82) is 0 Å². The van der Waals surface area contributed by atoms with Crippen LogP contribution in [0.15, 0.2) is 52.7 Å². The number of thiazole rings is 1. The average Bonchev–Trinajstić information content (AvgIpc) is 3.17. The number of anilines is 2. The Kier molecular flexibility index (Phi) is 7.26. The number of nitrogens with zero attached hydrogens (tertiary/aromatic N) is 1. The molecule has 10 heteroatoms. The van der Waals surface area contributed by atoms with Gasteiger partial charge in [0.05, 0.1) is 29.3 Å². The predicted molar refractivity (Wildman–Crippen MR) is 124 cm³/mol. The summed E-state index contributed by atoms with van der Waals surface area (Å²) in [7, 11) is -3.89. The molecule has 168 valence electrons. The van der Waals surface area contributed by atoms with Crippen molar-refractivity contribution in [2.45, 2.75) is 32.1 Å². The summed E-state index contributed by atoms with van der Waals surface area (Å²) in [5.74, 6) is -0.907. The van der Waals surface area contributed by atoms with Crippen molar-refractivity contribution in [1.82, 2.24) is 4.98 Å². The number of aryl methyl sites for hydroxylation is 2. The van der Waals surface area contributed by atoms with Crippen molar-refractivity contribution >= 4 is 44.1 Å². The molecule has 3 rings (SSSR count). The van der Waals surface area contributed by atoms with E-state index in [1.165, 1.54) is 35.6 Å². The molecule has 0 fully saturated rings.